The summed E-state index contributed by atoms with van der Waals surface area (Å²) in [7, 11) is 0. The van der Waals surface area contributed by atoms with Gasteiger partial charge in [-0.05, 0) is 63.6 Å². The average Bonchev–Trinajstić information content (AvgIpc) is 3.20. The summed E-state index contributed by atoms with van der Waals surface area (Å²) in [4.78, 5) is 24.1. The van der Waals surface area contributed by atoms with E-state index in [1.54, 1.807) is 19.2 Å². The Labute approximate surface area is 215 Å². The van der Waals surface area contributed by atoms with Gasteiger partial charge in [0.2, 0.25) is 0 Å². The van der Waals surface area contributed by atoms with Crippen LogP contribution in [0.3, 0.4) is 0 Å². The molecule has 2 N–H and O–H groups in total. The predicted molar refractivity (Wildman–Crippen MR) is 139 cm³/mol. The molecule has 3 aromatic heterocycles. The maximum atomic E-state index is 13.0. The topological polar surface area (TPSA) is 96.2 Å². The van der Waals surface area contributed by atoms with Gasteiger partial charge in [0.05, 0.1) is 45.0 Å². The summed E-state index contributed by atoms with van der Waals surface area (Å²) in [5.74, 6) is 1.31. The molecule has 8 nitrogen and oxygen atoms in total. The van der Waals surface area contributed by atoms with Crippen molar-refractivity contribution in [2.75, 3.05) is 23.3 Å². The van der Waals surface area contributed by atoms with E-state index in [-0.39, 0.29) is 5.91 Å². The van der Waals surface area contributed by atoms with E-state index in [0.717, 1.165) is 43.7 Å². The fourth-order valence-corrected chi connectivity index (χ4v) is 5.04. The number of nitrogens with zero attached hydrogens (tertiary/aromatic N) is 5. The molecule has 1 unspecified atom stereocenters. The van der Waals surface area contributed by atoms with Gasteiger partial charge < -0.3 is 15.3 Å². The number of aliphatic hydroxyl groups is 1. The molecule has 0 aliphatic carbocycles. The molecule has 3 aromatic rings. The average molecular weight is 517 g/mol. The highest BCUT2D eigenvalue weighted by atomic mass is 35.5. The molecule has 10 heteroatoms. The number of rotatable bonds is 6. The summed E-state index contributed by atoms with van der Waals surface area (Å²) in [6.07, 6.45) is 7.25. The van der Waals surface area contributed by atoms with Crippen LogP contribution in [0.1, 0.15) is 54.7 Å². The first-order valence-electron chi connectivity index (χ1n) is 11.7. The molecule has 0 spiro atoms. The number of hydrogen-bond acceptors (Lipinski definition) is 6. The fraction of sp³-hybridized carbons (Fsp3) is 0.440. The summed E-state index contributed by atoms with van der Waals surface area (Å²) in [5.41, 5.74) is 1.97. The van der Waals surface area contributed by atoms with Crippen LogP contribution in [0, 0.1) is 19.8 Å². The summed E-state index contributed by atoms with van der Waals surface area (Å²) >= 11 is 12.2. The second-order valence-corrected chi connectivity index (χ2v) is 10.1. The number of aryl methyl sites for hydroxylation is 1. The highest BCUT2D eigenvalue weighted by Crippen LogP contribution is 2.33. The number of carbonyl (C=O) groups is 1. The second-order valence-electron chi connectivity index (χ2n) is 9.31. The maximum Gasteiger partial charge on any atom is 0.259 e. The Morgan fingerprint density at radius 3 is 2.46 bits per heavy atom. The summed E-state index contributed by atoms with van der Waals surface area (Å²) in [6.45, 7) is 9.42. The zero-order chi connectivity index (χ0) is 25.3. The molecule has 1 atom stereocenters. The lowest BCUT2D eigenvalue weighted by Gasteiger charge is -2.40. The van der Waals surface area contributed by atoms with Crippen molar-refractivity contribution >= 4 is 40.6 Å². The van der Waals surface area contributed by atoms with Crippen LogP contribution < -0.4 is 10.2 Å². The van der Waals surface area contributed by atoms with E-state index in [0.29, 0.717) is 38.7 Å². The molecule has 1 aliphatic rings. The van der Waals surface area contributed by atoms with Gasteiger partial charge in [-0.2, -0.15) is 5.10 Å². The number of piperidine rings is 1. The van der Waals surface area contributed by atoms with Gasteiger partial charge in [0.25, 0.3) is 5.91 Å². The molecule has 4 heterocycles. The van der Waals surface area contributed by atoms with Crippen LogP contribution in [0.2, 0.25) is 10.0 Å². The monoisotopic (exact) mass is 516 g/mol. The molecule has 186 valence electrons. The number of pyridine rings is 2. The third-order valence-electron chi connectivity index (χ3n) is 6.94. The van der Waals surface area contributed by atoms with Crippen molar-refractivity contribution in [3.05, 3.63) is 57.6 Å². The van der Waals surface area contributed by atoms with E-state index in [1.807, 2.05) is 26.8 Å². The van der Waals surface area contributed by atoms with Crippen LogP contribution in [-0.4, -0.2) is 49.5 Å². The highest BCUT2D eigenvalue weighted by Gasteiger charge is 2.33. The molecule has 1 amide bonds. The zero-order valence-corrected chi connectivity index (χ0v) is 21.9. The Balaban J connectivity index is 1.45. The molecule has 35 heavy (non-hydrogen) atoms. The summed E-state index contributed by atoms with van der Waals surface area (Å²) in [5, 5.41) is 18.6. The van der Waals surface area contributed by atoms with Crippen molar-refractivity contribution < 1.29 is 9.90 Å². The molecule has 1 fully saturated rings. The maximum absolute atomic E-state index is 13.0. The van der Waals surface area contributed by atoms with Crippen molar-refractivity contribution in [3.8, 4) is 5.82 Å². The zero-order valence-electron chi connectivity index (χ0n) is 20.3. The lowest BCUT2D eigenvalue weighted by atomic mass is 9.80. The standard InChI is InChI=1S/C25H30Cl2N6O2/c1-5-25(4,35)17-6-8-32(9-7-17)22-15(2)10-19(13-29-22)31-24(34)20-14-30-33(16(20)3)23-21(27)11-18(26)12-28-23/h10-14,17,35H,5-9H2,1-4H3,(H,31,34). The molecule has 0 bridgehead atoms. The number of amides is 1. The molecule has 1 aliphatic heterocycles. The Morgan fingerprint density at radius 2 is 1.83 bits per heavy atom. The van der Waals surface area contributed by atoms with Gasteiger partial charge in [-0.25, -0.2) is 14.6 Å². The van der Waals surface area contributed by atoms with Crippen LogP contribution in [0.15, 0.2) is 30.7 Å². The van der Waals surface area contributed by atoms with E-state index < -0.39 is 5.60 Å². The molecule has 4 rings (SSSR count). The van der Waals surface area contributed by atoms with Gasteiger partial charge >= 0.3 is 0 Å². The van der Waals surface area contributed by atoms with Crippen molar-refractivity contribution in [3.63, 3.8) is 0 Å². The number of anilines is 2. The Morgan fingerprint density at radius 1 is 1.14 bits per heavy atom. The SMILES string of the molecule is CCC(C)(O)C1CCN(c2ncc(NC(=O)c3cnn(-c4ncc(Cl)cc4Cl)c3C)cc2C)CC1. The molecule has 0 saturated carbocycles. The minimum Gasteiger partial charge on any atom is -0.390 e. The summed E-state index contributed by atoms with van der Waals surface area (Å²) < 4.78 is 1.51. The quantitative estimate of drug-likeness (QED) is 0.466. The lowest BCUT2D eigenvalue weighted by molar-refractivity contribution is -0.0143. The largest absolute Gasteiger partial charge is 0.390 e. The lowest BCUT2D eigenvalue weighted by Crippen LogP contribution is -2.43. The fourth-order valence-electron chi connectivity index (χ4n) is 4.58. The third kappa shape index (κ3) is 5.29. The van der Waals surface area contributed by atoms with Gasteiger partial charge in [-0.1, -0.05) is 30.1 Å². The Bertz CT molecular complexity index is 1230. The van der Waals surface area contributed by atoms with E-state index in [2.05, 4.69) is 25.3 Å². The minimum absolute atomic E-state index is 0.296. The van der Waals surface area contributed by atoms with Gasteiger partial charge in [-0.15, -0.1) is 0 Å². The number of carbonyl (C=O) groups excluding carboxylic acids is 1. The third-order valence-corrected chi connectivity index (χ3v) is 7.43. The first-order valence-corrected chi connectivity index (χ1v) is 12.5. The van der Waals surface area contributed by atoms with E-state index >= 15 is 0 Å². The van der Waals surface area contributed by atoms with Crippen molar-refractivity contribution in [2.45, 2.75) is 52.6 Å². The van der Waals surface area contributed by atoms with Crippen LogP contribution in [0.4, 0.5) is 11.5 Å². The van der Waals surface area contributed by atoms with Gasteiger partial charge in [-0.3, -0.25) is 4.79 Å². The van der Waals surface area contributed by atoms with Crippen LogP contribution >= 0.6 is 23.2 Å². The Hall–Kier alpha value is -2.68. The highest BCUT2D eigenvalue weighted by molar-refractivity contribution is 6.35. The molecule has 1 saturated heterocycles. The van der Waals surface area contributed by atoms with Crippen molar-refractivity contribution in [1.82, 2.24) is 19.7 Å². The van der Waals surface area contributed by atoms with Crippen LogP contribution in [0.25, 0.3) is 5.82 Å². The minimum atomic E-state index is -0.621. The van der Waals surface area contributed by atoms with E-state index in [9.17, 15) is 9.90 Å². The summed E-state index contributed by atoms with van der Waals surface area (Å²) in [6, 6.07) is 3.50. The van der Waals surface area contributed by atoms with Crippen LogP contribution in [0.5, 0.6) is 0 Å². The van der Waals surface area contributed by atoms with E-state index in [4.69, 9.17) is 23.2 Å². The van der Waals surface area contributed by atoms with Crippen LogP contribution in [-0.2, 0) is 0 Å². The molecule has 0 aromatic carbocycles. The van der Waals surface area contributed by atoms with Gasteiger partial charge in [0.15, 0.2) is 5.82 Å². The van der Waals surface area contributed by atoms with Crippen molar-refractivity contribution in [1.29, 1.82) is 0 Å². The van der Waals surface area contributed by atoms with Crippen molar-refractivity contribution in [2.24, 2.45) is 5.92 Å². The van der Waals surface area contributed by atoms with E-state index in [1.165, 1.54) is 17.1 Å². The molecular formula is C25H30Cl2N6O2. The van der Waals surface area contributed by atoms with Gasteiger partial charge in [0.1, 0.15) is 5.82 Å². The number of nitrogens with one attached hydrogen (secondary N) is 1. The number of halogens is 2. The smallest absolute Gasteiger partial charge is 0.259 e. The predicted octanol–water partition coefficient (Wildman–Crippen LogP) is 5.22. The first kappa shape index (κ1) is 25.4. The second kappa shape index (κ2) is 10.1. The normalized spacial score (nSPS) is 16.3. The van der Waals surface area contributed by atoms with Gasteiger partial charge in [0, 0.05) is 19.3 Å². The number of hydrogen-bond donors (Lipinski definition) is 2. The first-order chi connectivity index (χ1) is 16.6. The Kier molecular flexibility index (Phi) is 7.35. The number of aromatic nitrogens is 4. The molecule has 0 radical (unpaired) electrons. The molecular weight excluding hydrogens is 487 g/mol.